The van der Waals surface area contributed by atoms with Crippen LogP contribution in [0.5, 0.6) is 5.75 Å². The van der Waals surface area contributed by atoms with E-state index in [1.807, 2.05) is 12.1 Å². The van der Waals surface area contributed by atoms with Gasteiger partial charge >= 0.3 is 0 Å². The van der Waals surface area contributed by atoms with Gasteiger partial charge in [-0.15, -0.1) is 0 Å². The standard InChI is InChI=1S/C18H22BrNO/c1-12-9-13(2)18(17(19)10-12)20-14(3)11-15-5-7-16(21-4)8-6-15/h5-10,14,20H,11H2,1-4H3. The number of anilines is 1. The molecule has 0 amide bonds. The highest BCUT2D eigenvalue weighted by molar-refractivity contribution is 9.10. The molecule has 2 aromatic rings. The summed E-state index contributed by atoms with van der Waals surface area (Å²) in [5, 5.41) is 3.60. The second kappa shape index (κ2) is 6.99. The summed E-state index contributed by atoms with van der Waals surface area (Å²) >= 11 is 3.65. The van der Waals surface area contributed by atoms with Gasteiger partial charge in [0.2, 0.25) is 0 Å². The molecule has 0 fully saturated rings. The van der Waals surface area contributed by atoms with Crippen LogP contribution in [0, 0.1) is 13.8 Å². The Bertz CT molecular complexity index is 584. The molecule has 0 aliphatic heterocycles. The molecule has 0 aromatic heterocycles. The van der Waals surface area contributed by atoms with Crippen LogP contribution in [0.4, 0.5) is 5.69 Å². The van der Waals surface area contributed by atoms with Gasteiger partial charge in [-0.25, -0.2) is 0 Å². The Kier molecular flexibility index (Phi) is 5.29. The number of rotatable bonds is 5. The third-order valence-electron chi connectivity index (χ3n) is 3.52. The maximum atomic E-state index is 5.19. The topological polar surface area (TPSA) is 21.3 Å². The number of halogens is 1. The van der Waals surface area contributed by atoms with Crippen molar-refractivity contribution >= 4 is 21.6 Å². The lowest BCUT2D eigenvalue weighted by Crippen LogP contribution is -2.19. The zero-order valence-electron chi connectivity index (χ0n) is 13.0. The van der Waals surface area contributed by atoms with Crippen molar-refractivity contribution in [2.45, 2.75) is 33.2 Å². The average Bonchev–Trinajstić information content (AvgIpc) is 2.43. The van der Waals surface area contributed by atoms with Crippen molar-refractivity contribution in [1.82, 2.24) is 0 Å². The van der Waals surface area contributed by atoms with Crippen LogP contribution in [-0.2, 0) is 6.42 Å². The van der Waals surface area contributed by atoms with Crippen LogP contribution in [0.2, 0.25) is 0 Å². The van der Waals surface area contributed by atoms with Gasteiger partial charge in [0, 0.05) is 10.5 Å². The first-order valence-corrected chi connectivity index (χ1v) is 7.95. The molecule has 0 saturated heterocycles. The molecule has 0 aliphatic rings. The van der Waals surface area contributed by atoms with Gasteiger partial charge in [0.05, 0.1) is 12.8 Å². The lowest BCUT2D eigenvalue weighted by Gasteiger charge is -2.19. The van der Waals surface area contributed by atoms with E-state index in [9.17, 15) is 0 Å². The first kappa shape index (κ1) is 15.9. The van der Waals surface area contributed by atoms with Crippen molar-refractivity contribution in [3.8, 4) is 5.75 Å². The number of nitrogens with one attached hydrogen (secondary N) is 1. The minimum atomic E-state index is 0.358. The molecule has 2 rings (SSSR count). The van der Waals surface area contributed by atoms with Crippen molar-refractivity contribution in [3.63, 3.8) is 0 Å². The maximum Gasteiger partial charge on any atom is 0.118 e. The lowest BCUT2D eigenvalue weighted by molar-refractivity contribution is 0.414. The zero-order valence-corrected chi connectivity index (χ0v) is 14.6. The van der Waals surface area contributed by atoms with E-state index in [-0.39, 0.29) is 0 Å². The van der Waals surface area contributed by atoms with Crippen molar-refractivity contribution in [3.05, 3.63) is 57.6 Å². The molecule has 0 spiro atoms. The van der Waals surface area contributed by atoms with Gasteiger partial charge in [-0.2, -0.15) is 0 Å². The highest BCUT2D eigenvalue weighted by Gasteiger charge is 2.09. The summed E-state index contributed by atoms with van der Waals surface area (Å²) in [6.07, 6.45) is 0.976. The molecule has 0 bridgehead atoms. The summed E-state index contributed by atoms with van der Waals surface area (Å²) in [6, 6.07) is 13.0. The van der Waals surface area contributed by atoms with Crippen LogP contribution in [0.1, 0.15) is 23.6 Å². The fraction of sp³-hybridized carbons (Fsp3) is 0.333. The Labute approximate surface area is 135 Å². The molecule has 1 N–H and O–H groups in total. The normalized spacial score (nSPS) is 12.0. The van der Waals surface area contributed by atoms with E-state index in [1.165, 1.54) is 22.4 Å². The monoisotopic (exact) mass is 347 g/mol. The van der Waals surface area contributed by atoms with Gasteiger partial charge in [0.25, 0.3) is 0 Å². The number of benzene rings is 2. The number of aryl methyl sites for hydroxylation is 2. The predicted octanol–water partition coefficient (Wildman–Crippen LogP) is 5.12. The quantitative estimate of drug-likeness (QED) is 0.810. The van der Waals surface area contributed by atoms with E-state index >= 15 is 0 Å². The predicted molar refractivity (Wildman–Crippen MR) is 93.4 cm³/mol. The van der Waals surface area contributed by atoms with E-state index in [0.29, 0.717) is 6.04 Å². The number of hydrogen-bond donors (Lipinski definition) is 1. The van der Waals surface area contributed by atoms with E-state index in [0.717, 1.165) is 16.6 Å². The SMILES string of the molecule is COc1ccc(CC(C)Nc2c(C)cc(C)cc2Br)cc1. The second-order valence-corrected chi connectivity index (χ2v) is 6.39. The van der Waals surface area contributed by atoms with Crippen LogP contribution >= 0.6 is 15.9 Å². The van der Waals surface area contributed by atoms with Crippen molar-refractivity contribution < 1.29 is 4.74 Å². The van der Waals surface area contributed by atoms with Gasteiger partial charge in [0.15, 0.2) is 0 Å². The van der Waals surface area contributed by atoms with E-state index in [4.69, 9.17) is 4.74 Å². The van der Waals surface area contributed by atoms with Crippen molar-refractivity contribution in [2.24, 2.45) is 0 Å². The van der Waals surface area contributed by atoms with Gasteiger partial charge in [-0.3, -0.25) is 0 Å². The number of hydrogen-bond acceptors (Lipinski definition) is 2. The molecule has 0 saturated carbocycles. The summed E-state index contributed by atoms with van der Waals surface area (Å²) in [7, 11) is 1.69. The van der Waals surface area contributed by atoms with Crippen molar-refractivity contribution in [1.29, 1.82) is 0 Å². The fourth-order valence-corrected chi connectivity index (χ4v) is 3.30. The van der Waals surface area contributed by atoms with Crippen molar-refractivity contribution in [2.75, 3.05) is 12.4 Å². The van der Waals surface area contributed by atoms with Crippen LogP contribution < -0.4 is 10.1 Å². The molecular formula is C18H22BrNO. The van der Waals surface area contributed by atoms with Gasteiger partial charge in [0.1, 0.15) is 5.75 Å². The highest BCUT2D eigenvalue weighted by Crippen LogP contribution is 2.28. The van der Waals surface area contributed by atoms with E-state index in [1.54, 1.807) is 7.11 Å². The molecular weight excluding hydrogens is 326 g/mol. The summed E-state index contributed by atoms with van der Waals surface area (Å²) in [6.45, 7) is 6.46. The largest absolute Gasteiger partial charge is 0.497 e. The second-order valence-electron chi connectivity index (χ2n) is 5.54. The molecule has 0 radical (unpaired) electrons. The molecule has 0 aliphatic carbocycles. The molecule has 1 atom stereocenters. The summed E-state index contributed by atoms with van der Waals surface area (Å²) in [5.41, 5.74) is 5.02. The van der Waals surface area contributed by atoms with Crippen LogP contribution in [-0.4, -0.2) is 13.2 Å². The molecule has 2 aromatic carbocycles. The van der Waals surface area contributed by atoms with Gasteiger partial charge in [-0.05, 0) is 78.0 Å². The van der Waals surface area contributed by atoms with Gasteiger partial charge < -0.3 is 10.1 Å². The number of methoxy groups -OCH3 is 1. The minimum Gasteiger partial charge on any atom is -0.497 e. The molecule has 112 valence electrons. The number of ether oxygens (including phenoxy) is 1. The third kappa shape index (κ3) is 4.24. The summed E-state index contributed by atoms with van der Waals surface area (Å²) < 4.78 is 6.32. The molecule has 21 heavy (non-hydrogen) atoms. The Morgan fingerprint density at radius 3 is 2.38 bits per heavy atom. The summed E-state index contributed by atoms with van der Waals surface area (Å²) in [4.78, 5) is 0. The first-order valence-electron chi connectivity index (χ1n) is 7.16. The molecule has 0 heterocycles. The molecule has 2 nitrogen and oxygen atoms in total. The third-order valence-corrected chi connectivity index (χ3v) is 4.15. The minimum absolute atomic E-state index is 0.358. The van der Waals surface area contributed by atoms with Crippen LogP contribution in [0.15, 0.2) is 40.9 Å². The Morgan fingerprint density at radius 2 is 1.81 bits per heavy atom. The lowest BCUT2D eigenvalue weighted by atomic mass is 10.1. The van der Waals surface area contributed by atoms with E-state index < -0.39 is 0 Å². The smallest absolute Gasteiger partial charge is 0.118 e. The average molecular weight is 348 g/mol. The van der Waals surface area contributed by atoms with Crippen LogP contribution in [0.3, 0.4) is 0 Å². The zero-order chi connectivity index (χ0) is 15.4. The van der Waals surface area contributed by atoms with Gasteiger partial charge in [-0.1, -0.05) is 18.2 Å². The summed E-state index contributed by atoms with van der Waals surface area (Å²) in [5.74, 6) is 0.900. The first-order chi connectivity index (χ1) is 9.99. The highest BCUT2D eigenvalue weighted by atomic mass is 79.9. The fourth-order valence-electron chi connectivity index (χ4n) is 2.51. The molecule has 1 unspecified atom stereocenters. The Balaban J connectivity index is 2.06. The van der Waals surface area contributed by atoms with Crippen LogP contribution in [0.25, 0.3) is 0 Å². The Morgan fingerprint density at radius 1 is 1.14 bits per heavy atom. The molecule has 3 heteroatoms. The maximum absolute atomic E-state index is 5.19. The van der Waals surface area contributed by atoms with E-state index in [2.05, 4.69) is 66.3 Å². The Hall–Kier alpha value is -1.48.